The highest BCUT2D eigenvalue weighted by atomic mass is 19.1. The Morgan fingerprint density at radius 2 is 1.77 bits per heavy atom. The molecule has 0 aliphatic heterocycles. The predicted octanol–water partition coefficient (Wildman–Crippen LogP) is 5.74. The Morgan fingerprint density at radius 3 is 2.32 bits per heavy atom. The topological polar surface area (TPSA) is 60.8 Å². The number of nitrogens with zero attached hydrogens (tertiary/aromatic N) is 2. The maximum absolute atomic E-state index is 14.0. The second-order valence-electron chi connectivity index (χ2n) is 10.0. The molecule has 0 atom stereocenters. The lowest BCUT2D eigenvalue weighted by Gasteiger charge is -2.30. The summed E-state index contributed by atoms with van der Waals surface area (Å²) in [6.07, 6.45) is 1.12. The number of halogens is 1. The summed E-state index contributed by atoms with van der Waals surface area (Å²) < 4.78 is 27.2. The minimum Gasteiger partial charge on any atom is -0.489 e. The van der Waals surface area contributed by atoms with Crippen LogP contribution in [0.2, 0.25) is 0 Å². The van der Waals surface area contributed by atoms with E-state index in [1.165, 1.54) is 27.7 Å². The monoisotopic (exact) mass is 434 g/mol. The molecule has 0 unspecified atom stereocenters. The molecule has 0 N–H and O–H groups in total. The minimum atomic E-state index is -0.705. The molecule has 6 nitrogen and oxygen atoms in total. The number of ether oxygens (including phenoxy) is 2. The number of hydrogen-bond acceptors (Lipinski definition) is 4. The average Bonchev–Trinajstić information content (AvgIpc) is 2.62. The van der Waals surface area contributed by atoms with Gasteiger partial charge in [-0.2, -0.15) is 0 Å². The van der Waals surface area contributed by atoms with E-state index in [9.17, 15) is 14.0 Å². The van der Waals surface area contributed by atoms with Gasteiger partial charge in [0.25, 0.3) is 5.56 Å². The van der Waals surface area contributed by atoms with Gasteiger partial charge in [-0.15, -0.1) is 0 Å². The molecule has 0 aliphatic carbocycles. The Morgan fingerprint density at radius 1 is 1.13 bits per heavy atom. The van der Waals surface area contributed by atoms with E-state index < -0.39 is 17.5 Å². The molecule has 0 spiro atoms. The zero-order valence-corrected chi connectivity index (χ0v) is 20.0. The number of hydrogen-bond donors (Lipinski definition) is 0. The number of aromatic nitrogens is 1. The van der Waals surface area contributed by atoms with Gasteiger partial charge in [-0.1, -0.05) is 34.1 Å². The van der Waals surface area contributed by atoms with E-state index in [4.69, 9.17) is 9.47 Å². The lowest BCUT2D eigenvalue weighted by atomic mass is 9.96. The number of unbranched alkanes of at least 4 members (excludes halogenated alkanes) is 1. The van der Waals surface area contributed by atoms with E-state index in [-0.39, 0.29) is 16.4 Å². The lowest BCUT2D eigenvalue weighted by Crippen LogP contribution is -2.39. The lowest BCUT2D eigenvalue weighted by molar-refractivity contribution is 0.0585. The smallest absolute Gasteiger partial charge is 0.415 e. The van der Waals surface area contributed by atoms with E-state index in [0.29, 0.717) is 30.1 Å². The largest absolute Gasteiger partial charge is 0.489 e. The first kappa shape index (κ1) is 24.7. The van der Waals surface area contributed by atoms with Crippen molar-refractivity contribution < 1.29 is 18.7 Å². The van der Waals surface area contributed by atoms with Crippen LogP contribution < -0.4 is 15.2 Å². The fourth-order valence-corrected chi connectivity index (χ4v) is 3.21. The molecule has 0 saturated heterocycles. The molecule has 1 amide bonds. The van der Waals surface area contributed by atoms with Crippen LogP contribution in [0, 0.1) is 11.2 Å². The highest BCUT2D eigenvalue weighted by molar-refractivity contribution is 5.97. The van der Waals surface area contributed by atoms with Crippen LogP contribution in [-0.2, 0) is 11.3 Å². The summed E-state index contributed by atoms with van der Waals surface area (Å²) in [5, 5.41) is 0.690. The number of benzene rings is 1. The fourth-order valence-electron chi connectivity index (χ4n) is 3.21. The van der Waals surface area contributed by atoms with Crippen LogP contribution in [0.1, 0.15) is 61.3 Å². The standard InChI is InChI=1S/C24H35FN2O4/c1-9-10-13-30-19-17-12-11-16(25)14-18(17)21(28)27(15-23(2,3)4)20(19)26(8)22(29)31-24(5,6)7/h11-12,14H,9-10,13,15H2,1-8H3. The Bertz CT molecular complexity index is 1000. The summed E-state index contributed by atoms with van der Waals surface area (Å²) in [5.41, 5.74) is -1.36. The third-order valence-corrected chi connectivity index (χ3v) is 4.52. The second-order valence-corrected chi connectivity index (χ2v) is 10.0. The number of anilines is 1. The van der Waals surface area contributed by atoms with Crippen molar-refractivity contribution in [2.75, 3.05) is 18.6 Å². The highest BCUT2D eigenvalue weighted by Crippen LogP contribution is 2.36. The molecule has 1 heterocycles. The van der Waals surface area contributed by atoms with Crippen LogP contribution >= 0.6 is 0 Å². The van der Waals surface area contributed by atoms with Crippen molar-refractivity contribution in [2.24, 2.45) is 5.41 Å². The van der Waals surface area contributed by atoms with E-state index in [1.54, 1.807) is 27.8 Å². The van der Waals surface area contributed by atoms with E-state index in [2.05, 4.69) is 0 Å². The van der Waals surface area contributed by atoms with E-state index in [1.807, 2.05) is 27.7 Å². The maximum Gasteiger partial charge on any atom is 0.415 e. The van der Waals surface area contributed by atoms with Gasteiger partial charge < -0.3 is 9.47 Å². The molecular formula is C24H35FN2O4. The van der Waals surface area contributed by atoms with Crippen molar-refractivity contribution in [3.8, 4) is 5.75 Å². The van der Waals surface area contributed by atoms with Crippen molar-refractivity contribution in [2.45, 2.75) is 73.5 Å². The Kier molecular flexibility index (Phi) is 7.40. The molecule has 2 aromatic rings. The number of carbonyl (C=O) groups excluding carboxylic acids is 1. The Balaban J connectivity index is 2.84. The molecule has 31 heavy (non-hydrogen) atoms. The van der Waals surface area contributed by atoms with Crippen molar-refractivity contribution >= 4 is 22.7 Å². The van der Waals surface area contributed by atoms with Gasteiger partial charge in [0.05, 0.1) is 12.0 Å². The zero-order chi connectivity index (χ0) is 23.6. The van der Waals surface area contributed by atoms with Crippen LogP contribution in [0.3, 0.4) is 0 Å². The first-order valence-electron chi connectivity index (χ1n) is 10.7. The van der Waals surface area contributed by atoms with E-state index in [0.717, 1.165) is 12.8 Å². The average molecular weight is 435 g/mol. The second kappa shape index (κ2) is 9.28. The zero-order valence-electron chi connectivity index (χ0n) is 20.0. The molecule has 0 bridgehead atoms. The van der Waals surface area contributed by atoms with Gasteiger partial charge in [-0.3, -0.25) is 14.3 Å². The molecular weight excluding hydrogens is 399 g/mol. The summed E-state index contributed by atoms with van der Waals surface area (Å²) in [6, 6.07) is 4.04. The summed E-state index contributed by atoms with van der Waals surface area (Å²) in [5.74, 6) is 0.185. The number of fused-ring (bicyclic) bond motifs is 1. The molecule has 0 aliphatic rings. The van der Waals surface area contributed by atoms with Gasteiger partial charge in [0.2, 0.25) is 0 Å². The predicted molar refractivity (Wildman–Crippen MR) is 123 cm³/mol. The van der Waals surface area contributed by atoms with Crippen LogP contribution in [0.5, 0.6) is 5.75 Å². The van der Waals surface area contributed by atoms with Gasteiger partial charge in [-0.05, 0) is 50.8 Å². The molecule has 0 radical (unpaired) electrons. The molecule has 172 valence electrons. The van der Waals surface area contributed by atoms with Crippen LogP contribution in [-0.4, -0.2) is 29.9 Å². The normalized spacial score (nSPS) is 12.2. The third kappa shape index (κ3) is 6.21. The Labute approximate surface area is 183 Å². The van der Waals surface area contributed by atoms with Crippen molar-refractivity contribution in [3.63, 3.8) is 0 Å². The maximum atomic E-state index is 14.0. The number of carbonyl (C=O) groups is 1. The minimum absolute atomic E-state index is 0.220. The molecule has 0 fully saturated rings. The summed E-state index contributed by atoms with van der Waals surface area (Å²) in [7, 11) is 1.56. The molecule has 1 aromatic carbocycles. The Hall–Kier alpha value is -2.57. The quantitative estimate of drug-likeness (QED) is 0.544. The number of pyridine rings is 1. The van der Waals surface area contributed by atoms with Crippen molar-refractivity contribution in [3.05, 3.63) is 34.4 Å². The molecule has 7 heteroatoms. The van der Waals surface area contributed by atoms with Crippen molar-refractivity contribution in [1.82, 2.24) is 4.57 Å². The summed E-state index contributed by atoms with van der Waals surface area (Å²) >= 11 is 0. The van der Waals surface area contributed by atoms with Gasteiger partial charge >= 0.3 is 6.09 Å². The van der Waals surface area contributed by atoms with Gasteiger partial charge in [0, 0.05) is 19.0 Å². The van der Waals surface area contributed by atoms with Gasteiger partial charge in [-0.25, -0.2) is 9.18 Å². The highest BCUT2D eigenvalue weighted by Gasteiger charge is 2.29. The van der Waals surface area contributed by atoms with Crippen LogP contribution in [0.4, 0.5) is 15.0 Å². The summed E-state index contributed by atoms with van der Waals surface area (Å²) in [4.78, 5) is 27.7. The van der Waals surface area contributed by atoms with Gasteiger partial charge in [0.15, 0.2) is 11.6 Å². The SMILES string of the molecule is CCCCOc1c(N(C)C(=O)OC(C)(C)C)n(CC(C)(C)C)c(=O)c2cc(F)ccc12. The molecule has 2 rings (SSSR count). The third-order valence-electron chi connectivity index (χ3n) is 4.52. The first-order valence-corrected chi connectivity index (χ1v) is 10.7. The fraction of sp³-hybridized carbons (Fsp3) is 0.583. The first-order chi connectivity index (χ1) is 14.2. The van der Waals surface area contributed by atoms with Crippen molar-refractivity contribution in [1.29, 1.82) is 0 Å². The number of rotatable bonds is 6. The van der Waals surface area contributed by atoms with Crippen LogP contribution in [0.15, 0.2) is 23.0 Å². The summed E-state index contributed by atoms with van der Waals surface area (Å²) in [6.45, 7) is 14.1. The number of amides is 1. The van der Waals surface area contributed by atoms with Crippen LogP contribution in [0.25, 0.3) is 10.8 Å². The molecule has 0 saturated carbocycles. The molecule has 1 aromatic heterocycles. The van der Waals surface area contributed by atoms with Gasteiger partial charge in [0.1, 0.15) is 11.4 Å². The van der Waals surface area contributed by atoms with E-state index >= 15 is 0 Å².